The van der Waals surface area contributed by atoms with Gasteiger partial charge in [0.05, 0.1) is 11.6 Å². The van der Waals surface area contributed by atoms with Gasteiger partial charge in [-0.25, -0.2) is 0 Å². The van der Waals surface area contributed by atoms with Crippen LogP contribution in [0.15, 0.2) is 103 Å². The minimum Gasteiger partial charge on any atom is -0.507 e. The standard InChI is InChI=1S/C30H23ClN2O4/c1-19-16-21(9-14-25(19)37-18-20-6-3-2-4-7-20)28(34)26-27(22-8-5-15-32-17-22)33(30(36)29(26)35)24-12-10-23(31)11-13-24/h2-17,27,34H,18H2,1H3/b28-26-. The second-order valence-electron chi connectivity index (χ2n) is 8.69. The SMILES string of the molecule is Cc1cc(/C(O)=C2/C(=O)C(=O)N(c3ccc(Cl)cc3)C2c2cccnc2)ccc1OCc1ccccc1. The highest BCUT2D eigenvalue weighted by Crippen LogP contribution is 2.42. The number of halogens is 1. The zero-order chi connectivity index (χ0) is 25.9. The molecule has 1 fully saturated rings. The molecule has 6 nitrogen and oxygen atoms in total. The van der Waals surface area contributed by atoms with Gasteiger partial charge in [0, 0.05) is 28.7 Å². The van der Waals surface area contributed by atoms with Gasteiger partial charge in [-0.2, -0.15) is 0 Å². The van der Waals surface area contributed by atoms with Crippen molar-refractivity contribution >= 4 is 34.7 Å². The molecule has 1 aliphatic heterocycles. The fourth-order valence-electron chi connectivity index (χ4n) is 4.40. The van der Waals surface area contributed by atoms with Crippen LogP contribution in [0.3, 0.4) is 0 Å². The van der Waals surface area contributed by atoms with Gasteiger partial charge in [0.1, 0.15) is 18.1 Å². The predicted molar refractivity (Wildman–Crippen MR) is 142 cm³/mol. The van der Waals surface area contributed by atoms with Crippen LogP contribution in [0.4, 0.5) is 5.69 Å². The molecule has 0 aliphatic carbocycles. The highest BCUT2D eigenvalue weighted by molar-refractivity contribution is 6.51. The summed E-state index contributed by atoms with van der Waals surface area (Å²) in [7, 11) is 0. The average molecular weight is 511 g/mol. The third-order valence-corrected chi connectivity index (χ3v) is 6.49. The van der Waals surface area contributed by atoms with E-state index in [0.717, 1.165) is 11.1 Å². The van der Waals surface area contributed by atoms with Crippen molar-refractivity contribution in [1.82, 2.24) is 4.98 Å². The van der Waals surface area contributed by atoms with Crippen LogP contribution in [-0.4, -0.2) is 21.8 Å². The van der Waals surface area contributed by atoms with E-state index >= 15 is 0 Å². The number of aryl methyl sites for hydroxylation is 1. The van der Waals surface area contributed by atoms with Gasteiger partial charge in [0.25, 0.3) is 11.7 Å². The first-order valence-corrected chi connectivity index (χ1v) is 12.1. The number of aliphatic hydroxyl groups excluding tert-OH is 1. The molecule has 7 heteroatoms. The first-order chi connectivity index (χ1) is 17.9. The van der Waals surface area contributed by atoms with Crippen molar-refractivity contribution in [3.63, 3.8) is 0 Å². The molecular weight excluding hydrogens is 488 g/mol. The summed E-state index contributed by atoms with van der Waals surface area (Å²) >= 11 is 6.04. The van der Waals surface area contributed by atoms with Crippen LogP contribution in [0.5, 0.6) is 5.75 Å². The fourth-order valence-corrected chi connectivity index (χ4v) is 4.53. The first-order valence-electron chi connectivity index (χ1n) is 11.7. The summed E-state index contributed by atoms with van der Waals surface area (Å²) in [5, 5.41) is 11.9. The maximum Gasteiger partial charge on any atom is 0.300 e. The molecule has 1 aromatic heterocycles. The van der Waals surface area contributed by atoms with Crippen LogP contribution in [0.2, 0.25) is 5.02 Å². The number of aliphatic hydroxyl groups is 1. The predicted octanol–water partition coefficient (Wildman–Crippen LogP) is 6.25. The van der Waals surface area contributed by atoms with E-state index in [1.54, 1.807) is 67.0 Å². The molecule has 1 saturated heterocycles. The smallest absolute Gasteiger partial charge is 0.300 e. The van der Waals surface area contributed by atoms with Crippen molar-refractivity contribution in [1.29, 1.82) is 0 Å². The average Bonchev–Trinajstić information content (AvgIpc) is 3.19. The lowest BCUT2D eigenvalue weighted by atomic mass is 9.95. The number of nitrogens with zero attached hydrogens (tertiary/aromatic N) is 2. The van der Waals surface area contributed by atoms with Crippen LogP contribution in [0.25, 0.3) is 5.76 Å². The number of ether oxygens (including phenoxy) is 1. The Bertz CT molecular complexity index is 1490. The maximum atomic E-state index is 13.3. The molecule has 5 rings (SSSR count). The number of hydrogen-bond donors (Lipinski definition) is 1. The van der Waals surface area contributed by atoms with Crippen molar-refractivity contribution in [2.75, 3.05) is 4.90 Å². The van der Waals surface area contributed by atoms with E-state index in [4.69, 9.17) is 16.3 Å². The van der Waals surface area contributed by atoms with E-state index in [1.165, 1.54) is 4.90 Å². The molecule has 0 saturated carbocycles. The Labute approximate surface area is 219 Å². The Kier molecular flexibility index (Phi) is 6.75. The Balaban J connectivity index is 1.54. The lowest BCUT2D eigenvalue weighted by molar-refractivity contribution is -0.132. The molecule has 37 heavy (non-hydrogen) atoms. The third kappa shape index (κ3) is 4.84. The molecule has 1 atom stereocenters. The van der Waals surface area contributed by atoms with Gasteiger partial charge in [-0.15, -0.1) is 0 Å². The molecule has 4 aromatic rings. The number of rotatable bonds is 6. The topological polar surface area (TPSA) is 79.7 Å². The number of amides is 1. The molecular formula is C30H23ClN2O4. The van der Waals surface area contributed by atoms with Crippen molar-refractivity contribution in [3.05, 3.63) is 130 Å². The number of ketones is 1. The summed E-state index contributed by atoms with van der Waals surface area (Å²) in [6.45, 7) is 2.27. The Morgan fingerprint density at radius 2 is 1.76 bits per heavy atom. The van der Waals surface area contributed by atoms with Crippen LogP contribution < -0.4 is 9.64 Å². The van der Waals surface area contributed by atoms with E-state index in [-0.39, 0.29) is 11.3 Å². The Morgan fingerprint density at radius 3 is 2.43 bits per heavy atom. The minimum atomic E-state index is -0.857. The highest BCUT2D eigenvalue weighted by Gasteiger charge is 2.47. The summed E-state index contributed by atoms with van der Waals surface area (Å²) < 4.78 is 5.95. The quantitative estimate of drug-likeness (QED) is 0.188. The van der Waals surface area contributed by atoms with Gasteiger partial charge in [-0.05, 0) is 72.1 Å². The summed E-state index contributed by atoms with van der Waals surface area (Å²) in [5.74, 6) is -1.12. The molecule has 1 aliphatic rings. The largest absolute Gasteiger partial charge is 0.507 e. The molecule has 0 spiro atoms. The van der Waals surface area contributed by atoms with E-state index < -0.39 is 17.7 Å². The van der Waals surface area contributed by atoms with Gasteiger partial charge >= 0.3 is 0 Å². The van der Waals surface area contributed by atoms with Crippen LogP contribution in [-0.2, 0) is 16.2 Å². The van der Waals surface area contributed by atoms with E-state index in [1.807, 2.05) is 37.3 Å². The fraction of sp³-hybridized carbons (Fsp3) is 0.100. The molecule has 0 bridgehead atoms. The van der Waals surface area contributed by atoms with Gasteiger partial charge in [0.15, 0.2) is 0 Å². The monoisotopic (exact) mass is 510 g/mol. The minimum absolute atomic E-state index is 0.00898. The number of anilines is 1. The molecule has 1 unspecified atom stereocenters. The lowest BCUT2D eigenvalue weighted by Crippen LogP contribution is -2.29. The molecule has 0 radical (unpaired) electrons. The van der Waals surface area contributed by atoms with Gasteiger partial charge < -0.3 is 9.84 Å². The molecule has 184 valence electrons. The Hall–Kier alpha value is -4.42. The van der Waals surface area contributed by atoms with Crippen molar-refractivity contribution in [2.24, 2.45) is 0 Å². The molecule has 1 N–H and O–H groups in total. The second-order valence-corrected chi connectivity index (χ2v) is 9.12. The number of hydrogen-bond acceptors (Lipinski definition) is 5. The number of aromatic nitrogens is 1. The zero-order valence-corrected chi connectivity index (χ0v) is 20.7. The maximum absolute atomic E-state index is 13.3. The molecule has 3 aromatic carbocycles. The lowest BCUT2D eigenvalue weighted by Gasteiger charge is -2.25. The summed E-state index contributed by atoms with van der Waals surface area (Å²) in [6, 6.07) is 24.2. The second kappa shape index (κ2) is 10.3. The number of pyridine rings is 1. The number of Topliss-reactive ketones (excluding diaryl/α,β-unsaturated/α-hetero) is 1. The third-order valence-electron chi connectivity index (χ3n) is 6.23. The van der Waals surface area contributed by atoms with Crippen LogP contribution in [0.1, 0.15) is 28.3 Å². The molecule has 2 heterocycles. The highest BCUT2D eigenvalue weighted by atomic mass is 35.5. The number of carbonyl (C=O) groups is 2. The van der Waals surface area contributed by atoms with Gasteiger partial charge in [-0.3, -0.25) is 19.5 Å². The van der Waals surface area contributed by atoms with Gasteiger partial charge in [0.2, 0.25) is 0 Å². The normalized spacial score (nSPS) is 16.7. The zero-order valence-electron chi connectivity index (χ0n) is 20.0. The van der Waals surface area contributed by atoms with E-state index in [2.05, 4.69) is 4.98 Å². The summed E-state index contributed by atoms with van der Waals surface area (Å²) in [4.78, 5) is 32.0. The summed E-state index contributed by atoms with van der Waals surface area (Å²) in [5.41, 5.74) is 3.30. The first kappa shape index (κ1) is 24.3. The van der Waals surface area contributed by atoms with Crippen LogP contribution in [0, 0.1) is 6.92 Å². The van der Waals surface area contributed by atoms with E-state index in [0.29, 0.717) is 34.2 Å². The molecule has 1 amide bonds. The van der Waals surface area contributed by atoms with Crippen molar-refractivity contribution < 1.29 is 19.4 Å². The van der Waals surface area contributed by atoms with Crippen molar-refractivity contribution in [2.45, 2.75) is 19.6 Å². The number of benzene rings is 3. The Morgan fingerprint density at radius 1 is 1.00 bits per heavy atom. The van der Waals surface area contributed by atoms with Gasteiger partial charge in [-0.1, -0.05) is 48.0 Å². The summed E-state index contributed by atoms with van der Waals surface area (Å²) in [6.07, 6.45) is 3.19. The number of carbonyl (C=O) groups excluding carboxylic acids is 2. The van der Waals surface area contributed by atoms with Crippen molar-refractivity contribution in [3.8, 4) is 5.75 Å². The van der Waals surface area contributed by atoms with Crippen LogP contribution >= 0.6 is 11.6 Å². The van der Waals surface area contributed by atoms with E-state index in [9.17, 15) is 14.7 Å².